The molecule has 1 saturated carbocycles. The number of aliphatic carboxylic acids is 2. The Labute approximate surface area is 141 Å². The fourth-order valence-corrected chi connectivity index (χ4v) is 4.70. The quantitative estimate of drug-likeness (QED) is 0.798. The highest BCUT2D eigenvalue weighted by atomic mass is 16.4. The lowest BCUT2D eigenvalue weighted by atomic mass is 9.83. The smallest absolute Gasteiger partial charge is 0.326 e. The van der Waals surface area contributed by atoms with Crippen LogP contribution in [0.3, 0.4) is 0 Å². The largest absolute Gasteiger partial charge is 0.480 e. The van der Waals surface area contributed by atoms with Gasteiger partial charge in [-0.2, -0.15) is 0 Å². The fraction of sp³-hybridized carbons (Fsp3) is 0.824. The van der Waals surface area contributed by atoms with Crippen LogP contribution >= 0.6 is 0 Å². The van der Waals surface area contributed by atoms with Crippen LogP contribution in [0.4, 0.5) is 0 Å². The Hall–Kier alpha value is -1.63. The number of carboxylic acid groups (broad SMARTS) is 2. The van der Waals surface area contributed by atoms with Crippen molar-refractivity contribution < 1.29 is 24.6 Å². The summed E-state index contributed by atoms with van der Waals surface area (Å²) in [5.74, 6) is -1.90. The summed E-state index contributed by atoms with van der Waals surface area (Å²) in [6.45, 7) is 1.31. The van der Waals surface area contributed by atoms with E-state index in [2.05, 4.69) is 4.90 Å². The maximum atomic E-state index is 12.8. The Bertz CT molecular complexity index is 523. The predicted octanol–water partition coefficient (Wildman–Crippen LogP) is 1.17. The highest BCUT2D eigenvalue weighted by Gasteiger charge is 2.42. The molecule has 1 aliphatic carbocycles. The van der Waals surface area contributed by atoms with Crippen LogP contribution < -0.4 is 0 Å². The standard InChI is InChI=1S/C17H26N2O5/c20-15(19-9-3-7-14(19)17(23)24)11-4-1-5-12(10-11)18-8-2-6-13(18)16(21)22/h11-14H,1-10H2,(H,21,22)(H,23,24)/t11?,12?,13-,14-/m1/s1. The number of rotatable bonds is 4. The first kappa shape index (κ1) is 17.2. The van der Waals surface area contributed by atoms with Crippen LogP contribution in [0.1, 0.15) is 51.4 Å². The zero-order chi connectivity index (χ0) is 17.3. The first-order chi connectivity index (χ1) is 11.5. The summed E-state index contributed by atoms with van der Waals surface area (Å²) in [4.78, 5) is 39.1. The highest BCUT2D eigenvalue weighted by Crippen LogP contribution is 2.34. The van der Waals surface area contributed by atoms with Gasteiger partial charge < -0.3 is 15.1 Å². The molecule has 3 rings (SSSR count). The third kappa shape index (κ3) is 3.27. The minimum Gasteiger partial charge on any atom is -0.480 e. The molecule has 0 aromatic carbocycles. The summed E-state index contributed by atoms with van der Waals surface area (Å²) in [5, 5.41) is 18.7. The van der Waals surface area contributed by atoms with Gasteiger partial charge in [-0.25, -0.2) is 4.79 Å². The molecule has 1 amide bonds. The van der Waals surface area contributed by atoms with Gasteiger partial charge in [-0.3, -0.25) is 14.5 Å². The second-order valence-electron chi connectivity index (χ2n) is 7.28. The maximum Gasteiger partial charge on any atom is 0.326 e. The van der Waals surface area contributed by atoms with Crippen LogP contribution in [0.15, 0.2) is 0 Å². The van der Waals surface area contributed by atoms with Crippen molar-refractivity contribution in [1.29, 1.82) is 0 Å². The van der Waals surface area contributed by atoms with Crippen molar-refractivity contribution in [3.05, 3.63) is 0 Å². The zero-order valence-corrected chi connectivity index (χ0v) is 13.9. The van der Waals surface area contributed by atoms with Gasteiger partial charge in [0.1, 0.15) is 12.1 Å². The van der Waals surface area contributed by atoms with Crippen molar-refractivity contribution in [3.8, 4) is 0 Å². The van der Waals surface area contributed by atoms with Crippen LogP contribution in [0, 0.1) is 5.92 Å². The van der Waals surface area contributed by atoms with Gasteiger partial charge in [0.25, 0.3) is 0 Å². The first-order valence-corrected chi connectivity index (χ1v) is 9.01. The van der Waals surface area contributed by atoms with E-state index in [0.29, 0.717) is 25.8 Å². The minimum absolute atomic E-state index is 0.0457. The molecule has 0 spiro atoms. The molecular weight excluding hydrogens is 312 g/mol. The van der Waals surface area contributed by atoms with Crippen molar-refractivity contribution in [3.63, 3.8) is 0 Å². The third-order valence-electron chi connectivity index (χ3n) is 5.86. The Kier molecular flexibility index (Phi) is 5.08. The van der Waals surface area contributed by atoms with Gasteiger partial charge in [0.05, 0.1) is 0 Å². The highest BCUT2D eigenvalue weighted by molar-refractivity contribution is 5.85. The second-order valence-corrected chi connectivity index (χ2v) is 7.28. The molecule has 2 unspecified atom stereocenters. The maximum absolute atomic E-state index is 12.8. The molecule has 0 aromatic rings. The van der Waals surface area contributed by atoms with Gasteiger partial charge >= 0.3 is 11.9 Å². The molecular formula is C17H26N2O5. The zero-order valence-electron chi connectivity index (χ0n) is 13.9. The van der Waals surface area contributed by atoms with Gasteiger partial charge in [0.15, 0.2) is 0 Å². The van der Waals surface area contributed by atoms with E-state index in [1.165, 1.54) is 4.90 Å². The normalized spacial score (nSPS) is 34.4. The third-order valence-corrected chi connectivity index (χ3v) is 5.86. The molecule has 4 atom stereocenters. The van der Waals surface area contributed by atoms with E-state index in [-0.39, 0.29) is 17.9 Å². The molecule has 2 aliphatic heterocycles. The summed E-state index contributed by atoms with van der Waals surface area (Å²) in [6.07, 6.45) is 6.11. The molecule has 0 bridgehead atoms. The molecule has 2 heterocycles. The number of hydrogen-bond acceptors (Lipinski definition) is 4. The lowest BCUT2D eigenvalue weighted by Crippen LogP contribution is -2.49. The minimum atomic E-state index is -0.918. The predicted molar refractivity (Wildman–Crippen MR) is 85.5 cm³/mol. The van der Waals surface area contributed by atoms with E-state index in [4.69, 9.17) is 0 Å². The summed E-state index contributed by atoms with van der Waals surface area (Å²) >= 11 is 0. The number of likely N-dealkylation sites (tertiary alicyclic amines) is 2. The number of carbonyl (C=O) groups excluding carboxylic acids is 1. The molecule has 2 saturated heterocycles. The van der Waals surface area contributed by atoms with Crippen LogP contribution in [0.2, 0.25) is 0 Å². The summed E-state index contributed by atoms with van der Waals surface area (Å²) < 4.78 is 0. The monoisotopic (exact) mass is 338 g/mol. The van der Waals surface area contributed by atoms with E-state index in [1.807, 2.05) is 0 Å². The molecule has 134 valence electrons. The number of carboxylic acids is 2. The topological polar surface area (TPSA) is 98.2 Å². The van der Waals surface area contributed by atoms with E-state index < -0.39 is 24.0 Å². The number of nitrogens with zero attached hydrogens (tertiary/aromatic N) is 2. The van der Waals surface area contributed by atoms with Crippen molar-refractivity contribution in [1.82, 2.24) is 9.80 Å². The van der Waals surface area contributed by atoms with Gasteiger partial charge in [-0.05, 0) is 51.5 Å². The van der Waals surface area contributed by atoms with E-state index in [9.17, 15) is 24.6 Å². The summed E-state index contributed by atoms with van der Waals surface area (Å²) in [7, 11) is 0. The molecule has 7 nitrogen and oxygen atoms in total. The molecule has 3 fully saturated rings. The van der Waals surface area contributed by atoms with Gasteiger partial charge in [-0.1, -0.05) is 6.42 Å². The fourth-order valence-electron chi connectivity index (χ4n) is 4.70. The second kappa shape index (κ2) is 7.09. The van der Waals surface area contributed by atoms with Crippen molar-refractivity contribution in [2.24, 2.45) is 5.92 Å². The molecule has 2 N–H and O–H groups in total. The summed E-state index contributed by atoms with van der Waals surface area (Å²) in [5.41, 5.74) is 0. The molecule has 7 heteroatoms. The van der Waals surface area contributed by atoms with Gasteiger partial charge in [0, 0.05) is 18.5 Å². The molecule has 0 radical (unpaired) electrons. The number of amides is 1. The van der Waals surface area contributed by atoms with E-state index in [1.54, 1.807) is 0 Å². The van der Waals surface area contributed by atoms with Crippen LogP contribution in [0.25, 0.3) is 0 Å². The number of hydrogen-bond donors (Lipinski definition) is 2. The lowest BCUT2D eigenvalue weighted by Gasteiger charge is -2.38. The average Bonchev–Trinajstić information content (AvgIpc) is 3.23. The van der Waals surface area contributed by atoms with Crippen LogP contribution in [-0.4, -0.2) is 69.1 Å². The Morgan fingerprint density at radius 1 is 0.792 bits per heavy atom. The molecule has 24 heavy (non-hydrogen) atoms. The SMILES string of the molecule is O=C(O)[C@H]1CCCN1C(=O)C1CCCC(N2CCC[C@@H]2C(=O)O)C1. The van der Waals surface area contributed by atoms with Crippen molar-refractivity contribution >= 4 is 17.8 Å². The average molecular weight is 338 g/mol. The Morgan fingerprint density at radius 3 is 2.17 bits per heavy atom. The van der Waals surface area contributed by atoms with E-state index in [0.717, 1.165) is 38.6 Å². The Morgan fingerprint density at radius 2 is 1.46 bits per heavy atom. The first-order valence-electron chi connectivity index (χ1n) is 9.01. The summed E-state index contributed by atoms with van der Waals surface area (Å²) in [6, 6.07) is -0.985. The molecule has 3 aliphatic rings. The van der Waals surface area contributed by atoms with Crippen molar-refractivity contribution in [2.45, 2.75) is 69.5 Å². The van der Waals surface area contributed by atoms with Crippen molar-refractivity contribution in [2.75, 3.05) is 13.1 Å². The lowest BCUT2D eigenvalue weighted by molar-refractivity contribution is -0.151. The Balaban J connectivity index is 1.66. The van der Waals surface area contributed by atoms with Gasteiger partial charge in [-0.15, -0.1) is 0 Å². The molecule has 0 aromatic heterocycles. The number of carbonyl (C=O) groups is 3. The van der Waals surface area contributed by atoms with Crippen LogP contribution in [0.5, 0.6) is 0 Å². The van der Waals surface area contributed by atoms with Crippen LogP contribution in [-0.2, 0) is 14.4 Å². The van der Waals surface area contributed by atoms with Gasteiger partial charge in [0.2, 0.25) is 5.91 Å². The van der Waals surface area contributed by atoms with E-state index >= 15 is 0 Å².